The lowest BCUT2D eigenvalue weighted by molar-refractivity contribution is 0.863. The molecule has 56 valence electrons. The topological polar surface area (TPSA) is 75.6 Å². The molecule has 1 aromatic heterocycles. The van der Waals surface area contributed by atoms with E-state index >= 15 is 0 Å². The highest BCUT2D eigenvalue weighted by Crippen LogP contribution is 2.09. The molecule has 2 N–H and O–H groups in total. The summed E-state index contributed by atoms with van der Waals surface area (Å²) in [6.07, 6.45) is 1.27. The summed E-state index contributed by atoms with van der Waals surface area (Å²) in [7, 11) is 0. The van der Waals surface area contributed by atoms with Gasteiger partial charge in [-0.25, -0.2) is 9.97 Å². The van der Waals surface area contributed by atoms with Gasteiger partial charge in [-0.15, -0.1) is 0 Å². The molecule has 0 bridgehead atoms. The minimum absolute atomic E-state index is 0.292. The van der Waals surface area contributed by atoms with Crippen LogP contribution in [0.5, 0.6) is 0 Å². The molecule has 1 heterocycles. The van der Waals surface area contributed by atoms with Gasteiger partial charge in [0.15, 0.2) is 0 Å². The fourth-order valence-corrected chi connectivity index (χ4v) is 0.739. The van der Waals surface area contributed by atoms with Crippen LogP contribution in [0.25, 0.3) is 0 Å². The lowest BCUT2D eigenvalue weighted by Gasteiger charge is -1.99. The largest absolute Gasteiger partial charge is 0.311 e. The molecule has 0 fully saturated rings. The molecule has 0 amide bonds. The minimum Gasteiger partial charge on any atom is -0.311 e. The molecule has 0 spiro atoms. The van der Waals surface area contributed by atoms with Crippen molar-refractivity contribution in [1.29, 1.82) is 5.26 Å². The molecular formula is C6H5ClN4. The molecule has 0 aliphatic heterocycles. The number of nitriles is 1. The average molecular weight is 169 g/mol. The maximum Gasteiger partial charge on any atom is 0.136 e. The normalized spacial score (nSPS) is 12.1. The van der Waals surface area contributed by atoms with Crippen molar-refractivity contribution < 1.29 is 0 Å². The highest BCUT2D eigenvalue weighted by molar-refractivity contribution is 6.29. The SMILES string of the molecule is N#CC(N)c1cc(Cl)ncn1. The third-order valence-electron chi connectivity index (χ3n) is 1.11. The molecule has 11 heavy (non-hydrogen) atoms. The molecule has 0 aromatic carbocycles. The first-order chi connectivity index (χ1) is 5.24. The van der Waals surface area contributed by atoms with Gasteiger partial charge in [0.05, 0.1) is 11.8 Å². The van der Waals surface area contributed by atoms with E-state index in [4.69, 9.17) is 22.6 Å². The Bertz CT molecular complexity index is 293. The maximum atomic E-state index is 8.40. The number of nitrogens with two attached hydrogens (primary N) is 1. The van der Waals surface area contributed by atoms with Crippen LogP contribution in [0.15, 0.2) is 12.4 Å². The Balaban J connectivity index is 2.98. The van der Waals surface area contributed by atoms with Gasteiger partial charge >= 0.3 is 0 Å². The zero-order chi connectivity index (χ0) is 8.27. The van der Waals surface area contributed by atoms with E-state index in [0.717, 1.165) is 0 Å². The Kier molecular flexibility index (Phi) is 2.36. The Labute approximate surface area is 68.6 Å². The van der Waals surface area contributed by atoms with Crippen LogP contribution < -0.4 is 5.73 Å². The summed E-state index contributed by atoms with van der Waals surface area (Å²) in [5.74, 6) is 0. The zero-order valence-electron chi connectivity index (χ0n) is 5.53. The third kappa shape index (κ3) is 1.87. The van der Waals surface area contributed by atoms with Crippen LogP contribution in [0.2, 0.25) is 5.15 Å². The highest BCUT2D eigenvalue weighted by atomic mass is 35.5. The summed E-state index contributed by atoms with van der Waals surface area (Å²) >= 11 is 5.53. The summed E-state index contributed by atoms with van der Waals surface area (Å²) in [6.45, 7) is 0. The first kappa shape index (κ1) is 7.92. The van der Waals surface area contributed by atoms with Crippen molar-refractivity contribution in [2.45, 2.75) is 6.04 Å². The van der Waals surface area contributed by atoms with Crippen LogP contribution in [0.4, 0.5) is 0 Å². The van der Waals surface area contributed by atoms with Crippen molar-refractivity contribution in [3.05, 3.63) is 23.2 Å². The number of rotatable bonds is 1. The van der Waals surface area contributed by atoms with E-state index in [1.165, 1.54) is 12.4 Å². The Hall–Kier alpha value is -1.18. The maximum absolute atomic E-state index is 8.40. The number of halogens is 1. The van der Waals surface area contributed by atoms with Gasteiger partial charge in [-0.2, -0.15) is 5.26 Å². The molecule has 0 saturated carbocycles. The van der Waals surface area contributed by atoms with Crippen LogP contribution >= 0.6 is 11.6 Å². The number of hydrogen-bond donors (Lipinski definition) is 1. The van der Waals surface area contributed by atoms with Gasteiger partial charge < -0.3 is 5.73 Å². The molecule has 1 rings (SSSR count). The number of aromatic nitrogens is 2. The van der Waals surface area contributed by atoms with E-state index in [1.807, 2.05) is 6.07 Å². The first-order valence-corrected chi connectivity index (χ1v) is 3.24. The van der Waals surface area contributed by atoms with Crippen LogP contribution in [0.1, 0.15) is 11.7 Å². The van der Waals surface area contributed by atoms with Crippen molar-refractivity contribution in [2.24, 2.45) is 5.73 Å². The van der Waals surface area contributed by atoms with Gasteiger partial charge in [0, 0.05) is 0 Å². The van der Waals surface area contributed by atoms with Gasteiger partial charge in [0.25, 0.3) is 0 Å². The molecule has 5 heteroatoms. The van der Waals surface area contributed by atoms with Crippen LogP contribution in [0.3, 0.4) is 0 Å². The first-order valence-electron chi connectivity index (χ1n) is 2.86. The molecular weight excluding hydrogens is 164 g/mol. The molecule has 4 nitrogen and oxygen atoms in total. The smallest absolute Gasteiger partial charge is 0.136 e. The number of hydrogen-bond acceptors (Lipinski definition) is 4. The molecule has 1 unspecified atom stereocenters. The lowest BCUT2D eigenvalue weighted by Crippen LogP contribution is -2.09. The van der Waals surface area contributed by atoms with Crippen LogP contribution in [0, 0.1) is 11.3 Å². The summed E-state index contributed by atoms with van der Waals surface area (Å²) < 4.78 is 0. The molecule has 0 saturated heterocycles. The molecule has 0 aliphatic rings. The summed E-state index contributed by atoms with van der Waals surface area (Å²) in [5.41, 5.74) is 5.79. The van der Waals surface area contributed by atoms with Crippen LogP contribution in [-0.2, 0) is 0 Å². The second-order valence-corrected chi connectivity index (χ2v) is 2.26. The van der Waals surface area contributed by atoms with E-state index in [0.29, 0.717) is 10.8 Å². The van der Waals surface area contributed by atoms with Crippen molar-refractivity contribution in [3.63, 3.8) is 0 Å². The van der Waals surface area contributed by atoms with E-state index < -0.39 is 6.04 Å². The Morgan fingerprint density at radius 2 is 2.36 bits per heavy atom. The summed E-state index contributed by atoms with van der Waals surface area (Å²) in [6, 6.07) is 2.58. The standard InChI is InChI=1S/C6H5ClN4/c7-6-1-5(4(9)2-8)10-3-11-6/h1,3-4H,9H2. The fraction of sp³-hybridized carbons (Fsp3) is 0.167. The quantitative estimate of drug-likeness (QED) is 0.625. The van der Waals surface area contributed by atoms with Crippen LogP contribution in [-0.4, -0.2) is 9.97 Å². The molecule has 1 atom stereocenters. The van der Waals surface area contributed by atoms with Crippen molar-refractivity contribution in [2.75, 3.05) is 0 Å². The summed E-state index contributed by atoms with van der Waals surface area (Å²) in [4.78, 5) is 7.41. The lowest BCUT2D eigenvalue weighted by atomic mass is 10.2. The van der Waals surface area contributed by atoms with Gasteiger partial charge in [0.2, 0.25) is 0 Å². The zero-order valence-corrected chi connectivity index (χ0v) is 6.28. The predicted molar refractivity (Wildman–Crippen MR) is 39.6 cm³/mol. The van der Waals surface area contributed by atoms with E-state index in [-0.39, 0.29) is 0 Å². The Morgan fingerprint density at radius 3 is 2.91 bits per heavy atom. The second kappa shape index (κ2) is 3.28. The average Bonchev–Trinajstić information content (AvgIpc) is 2.03. The van der Waals surface area contributed by atoms with Gasteiger partial charge in [-0.3, -0.25) is 0 Å². The minimum atomic E-state index is -0.726. The van der Waals surface area contributed by atoms with E-state index in [1.54, 1.807) is 0 Å². The third-order valence-corrected chi connectivity index (χ3v) is 1.32. The van der Waals surface area contributed by atoms with Crippen molar-refractivity contribution >= 4 is 11.6 Å². The molecule has 0 aliphatic carbocycles. The van der Waals surface area contributed by atoms with Crippen molar-refractivity contribution in [1.82, 2.24) is 9.97 Å². The second-order valence-electron chi connectivity index (χ2n) is 1.87. The molecule has 1 aromatic rings. The van der Waals surface area contributed by atoms with E-state index in [9.17, 15) is 0 Å². The summed E-state index contributed by atoms with van der Waals surface area (Å²) in [5, 5.41) is 8.69. The predicted octanol–water partition coefficient (Wildman–Crippen LogP) is 0.653. The van der Waals surface area contributed by atoms with Gasteiger partial charge in [0.1, 0.15) is 17.5 Å². The van der Waals surface area contributed by atoms with Gasteiger partial charge in [-0.05, 0) is 6.07 Å². The van der Waals surface area contributed by atoms with Gasteiger partial charge in [-0.1, -0.05) is 11.6 Å². The van der Waals surface area contributed by atoms with Crippen molar-refractivity contribution in [3.8, 4) is 6.07 Å². The Morgan fingerprint density at radius 1 is 1.64 bits per heavy atom. The fourth-order valence-electron chi connectivity index (χ4n) is 0.583. The monoisotopic (exact) mass is 168 g/mol. The highest BCUT2D eigenvalue weighted by Gasteiger charge is 2.05. The molecule has 0 radical (unpaired) electrons. The van der Waals surface area contributed by atoms with E-state index in [2.05, 4.69) is 9.97 Å². The number of nitrogens with zero attached hydrogens (tertiary/aromatic N) is 3.